The smallest absolute Gasteiger partial charge is 0.393 e. The number of carbonyl (C=O) groups is 1. The summed E-state index contributed by atoms with van der Waals surface area (Å²) in [6.45, 7) is 3.80. The summed E-state index contributed by atoms with van der Waals surface area (Å²) in [4.78, 5) is 22.6. The van der Waals surface area contributed by atoms with Crippen LogP contribution in [0.15, 0.2) is 60.8 Å². The Labute approximate surface area is 305 Å². The summed E-state index contributed by atoms with van der Waals surface area (Å²) in [6.07, 6.45) is 40.2. The first-order chi connectivity index (χ1) is 24.3. The largest absolute Gasteiger partial charge is 0.472 e. The maximum atomic E-state index is 12.7. The lowest BCUT2D eigenvalue weighted by atomic mass is 10.0. The van der Waals surface area contributed by atoms with Crippen molar-refractivity contribution in [2.75, 3.05) is 19.8 Å². The van der Waals surface area contributed by atoms with Crippen LogP contribution in [0.5, 0.6) is 0 Å². The quantitative estimate of drug-likeness (QED) is 0.0188. The van der Waals surface area contributed by atoms with Gasteiger partial charge in [0.15, 0.2) is 0 Å². The number of aliphatic hydroxyl groups excluding tert-OH is 2. The van der Waals surface area contributed by atoms with Gasteiger partial charge in [0.05, 0.1) is 37.9 Å². The van der Waals surface area contributed by atoms with Crippen molar-refractivity contribution >= 4 is 13.7 Å². The van der Waals surface area contributed by atoms with E-state index in [1.165, 1.54) is 57.8 Å². The predicted molar refractivity (Wildman–Crippen MR) is 209 cm³/mol. The lowest BCUT2D eigenvalue weighted by molar-refractivity contribution is -0.124. The Kier molecular flexibility index (Phi) is 34.2. The second-order valence-electron chi connectivity index (χ2n) is 13.0. The van der Waals surface area contributed by atoms with Crippen molar-refractivity contribution < 1.29 is 33.5 Å². The number of phosphoric acid groups is 1. The van der Waals surface area contributed by atoms with Crippen molar-refractivity contribution in [2.24, 2.45) is 5.73 Å². The van der Waals surface area contributed by atoms with Crippen LogP contribution in [0.3, 0.4) is 0 Å². The van der Waals surface area contributed by atoms with Gasteiger partial charge in [0.1, 0.15) is 0 Å². The third kappa shape index (κ3) is 33.3. The van der Waals surface area contributed by atoms with Crippen molar-refractivity contribution in [2.45, 2.75) is 167 Å². The highest BCUT2D eigenvalue weighted by molar-refractivity contribution is 7.47. The molecule has 0 aliphatic rings. The molecule has 0 saturated heterocycles. The minimum absolute atomic E-state index is 0.0388. The Morgan fingerprint density at radius 2 is 1.24 bits per heavy atom. The zero-order valence-electron chi connectivity index (χ0n) is 31.5. The molecule has 290 valence electrons. The molecule has 0 fully saturated rings. The van der Waals surface area contributed by atoms with Crippen molar-refractivity contribution in [3.8, 4) is 0 Å². The maximum absolute atomic E-state index is 12.7. The minimum Gasteiger partial charge on any atom is -0.393 e. The van der Waals surface area contributed by atoms with Crippen LogP contribution in [0.25, 0.3) is 0 Å². The molecule has 0 aromatic rings. The summed E-state index contributed by atoms with van der Waals surface area (Å²) in [5.74, 6) is -0.469. The van der Waals surface area contributed by atoms with Gasteiger partial charge in [-0.05, 0) is 64.2 Å². The van der Waals surface area contributed by atoms with E-state index in [0.717, 1.165) is 57.8 Å². The molecular weight excluding hydrogens is 651 g/mol. The van der Waals surface area contributed by atoms with Gasteiger partial charge in [0.25, 0.3) is 0 Å². The summed E-state index contributed by atoms with van der Waals surface area (Å²) >= 11 is 0. The van der Waals surface area contributed by atoms with E-state index >= 15 is 0 Å². The molecule has 1 amide bonds. The third-order valence-electron chi connectivity index (χ3n) is 8.11. The maximum Gasteiger partial charge on any atom is 0.472 e. The number of phosphoric ester groups is 1. The van der Waals surface area contributed by atoms with E-state index in [4.69, 9.17) is 14.8 Å². The minimum atomic E-state index is -4.41. The van der Waals surface area contributed by atoms with Gasteiger partial charge < -0.3 is 26.2 Å². The molecule has 4 unspecified atom stereocenters. The normalized spacial score (nSPS) is 15.6. The van der Waals surface area contributed by atoms with E-state index in [0.29, 0.717) is 12.8 Å². The summed E-state index contributed by atoms with van der Waals surface area (Å²) in [7, 11) is -4.41. The number of allylic oxidation sites excluding steroid dienone is 9. The number of carbonyl (C=O) groups excluding carboxylic acids is 1. The Hall–Kier alpha value is -1.84. The topological polar surface area (TPSA) is 151 Å². The summed E-state index contributed by atoms with van der Waals surface area (Å²) in [6, 6.07) is -1.01. The highest BCUT2D eigenvalue weighted by Crippen LogP contribution is 2.43. The summed E-state index contributed by atoms with van der Waals surface area (Å²) < 4.78 is 21.9. The number of rotatable bonds is 35. The van der Waals surface area contributed by atoms with Crippen LogP contribution in [0.1, 0.15) is 149 Å². The first-order valence-corrected chi connectivity index (χ1v) is 21.0. The number of hydrogen-bond acceptors (Lipinski definition) is 7. The molecule has 0 radical (unpaired) electrons. The number of nitrogens with two attached hydrogens (primary N) is 1. The molecule has 6 N–H and O–H groups in total. The van der Waals surface area contributed by atoms with E-state index in [-0.39, 0.29) is 19.6 Å². The number of aliphatic hydroxyl groups is 2. The predicted octanol–water partition coefficient (Wildman–Crippen LogP) is 9.30. The van der Waals surface area contributed by atoms with Crippen LogP contribution < -0.4 is 11.1 Å². The van der Waals surface area contributed by atoms with Gasteiger partial charge in [-0.3, -0.25) is 13.8 Å². The molecule has 0 rings (SSSR count). The highest BCUT2D eigenvalue weighted by Gasteiger charge is 2.27. The van der Waals surface area contributed by atoms with Gasteiger partial charge in [0.2, 0.25) is 5.91 Å². The molecular formula is C40H73N2O7P. The zero-order chi connectivity index (χ0) is 37.0. The molecule has 0 bridgehead atoms. The molecule has 0 saturated carbocycles. The molecule has 0 aromatic carbocycles. The van der Waals surface area contributed by atoms with Gasteiger partial charge in [-0.2, -0.15) is 0 Å². The van der Waals surface area contributed by atoms with Crippen LogP contribution in [0.2, 0.25) is 0 Å². The number of nitrogens with one attached hydrogen (secondary N) is 1. The lowest BCUT2D eigenvalue weighted by Gasteiger charge is -2.24. The van der Waals surface area contributed by atoms with Gasteiger partial charge in [0, 0.05) is 6.54 Å². The van der Waals surface area contributed by atoms with E-state index < -0.39 is 38.6 Å². The molecule has 0 aliphatic carbocycles. The Bertz CT molecular complexity index is 983. The summed E-state index contributed by atoms with van der Waals surface area (Å²) in [5, 5.41) is 23.9. The number of hydrogen-bond donors (Lipinski definition) is 5. The first-order valence-electron chi connectivity index (χ1n) is 19.5. The van der Waals surface area contributed by atoms with Crippen LogP contribution in [0.4, 0.5) is 0 Å². The van der Waals surface area contributed by atoms with Gasteiger partial charge >= 0.3 is 7.82 Å². The first kappa shape index (κ1) is 48.2. The highest BCUT2D eigenvalue weighted by atomic mass is 31.2. The monoisotopic (exact) mass is 725 g/mol. The Balaban J connectivity index is 4.41. The van der Waals surface area contributed by atoms with Crippen LogP contribution in [0, 0.1) is 0 Å². The molecule has 0 aliphatic heterocycles. The van der Waals surface area contributed by atoms with Crippen LogP contribution in [-0.4, -0.2) is 59.0 Å². The fraction of sp³-hybridized carbons (Fsp3) is 0.725. The molecule has 50 heavy (non-hydrogen) atoms. The molecule has 10 heteroatoms. The van der Waals surface area contributed by atoms with Crippen molar-refractivity contribution in [1.29, 1.82) is 0 Å². The molecule has 0 aromatic heterocycles. The zero-order valence-corrected chi connectivity index (χ0v) is 32.4. The van der Waals surface area contributed by atoms with Gasteiger partial charge in [-0.25, -0.2) is 4.57 Å². The standard InChI is InChI=1S/C40H73N2O7P/c1-3-5-7-9-11-13-15-16-17-18-19-20-22-23-25-27-29-31-37(43)35-40(45)42-38(36-49-50(46,47)48-34-33-41)39(44)32-30-28-26-24-21-14-12-10-8-6-4-2/h8,10-11,13,15-16,21,24,30,32,37-39,43-44H,3-7,9,12,14,17-20,22-23,25-29,31,33-36,41H2,1-2H3,(H,42,45)(H,46,47)/b10-8+,13-11-,16-15-,24-21+,32-30+. The second-order valence-corrected chi connectivity index (χ2v) is 14.4. The van der Waals surface area contributed by atoms with E-state index in [9.17, 15) is 24.5 Å². The second kappa shape index (κ2) is 35.6. The third-order valence-corrected chi connectivity index (χ3v) is 9.09. The van der Waals surface area contributed by atoms with Crippen molar-refractivity contribution in [3.63, 3.8) is 0 Å². The SMILES string of the molecule is CCC/C=C/CC/C=C/CC/C=C/C(O)C(COP(=O)(O)OCCN)NC(=O)CC(O)CCCCCCCCCC/C=C\C=C/CCCCC. The van der Waals surface area contributed by atoms with Crippen molar-refractivity contribution in [3.05, 3.63) is 60.8 Å². The molecule has 4 atom stereocenters. The van der Waals surface area contributed by atoms with E-state index in [1.54, 1.807) is 12.2 Å². The van der Waals surface area contributed by atoms with Gasteiger partial charge in [-0.1, -0.05) is 139 Å². The van der Waals surface area contributed by atoms with E-state index in [2.05, 4.69) is 67.8 Å². The van der Waals surface area contributed by atoms with Crippen molar-refractivity contribution in [1.82, 2.24) is 5.32 Å². The lowest BCUT2D eigenvalue weighted by Crippen LogP contribution is -2.46. The van der Waals surface area contributed by atoms with E-state index in [1.807, 2.05) is 0 Å². The Morgan fingerprint density at radius 3 is 1.82 bits per heavy atom. The number of unbranched alkanes of at least 4 members (excludes halogenated alkanes) is 14. The molecule has 9 nitrogen and oxygen atoms in total. The average Bonchev–Trinajstić information content (AvgIpc) is 3.09. The summed E-state index contributed by atoms with van der Waals surface area (Å²) in [5.41, 5.74) is 5.34. The fourth-order valence-corrected chi connectivity index (χ4v) is 5.90. The average molecular weight is 725 g/mol. The number of amides is 1. The van der Waals surface area contributed by atoms with Crippen LogP contribution in [-0.2, 0) is 18.4 Å². The molecule has 0 heterocycles. The van der Waals surface area contributed by atoms with Crippen LogP contribution >= 0.6 is 7.82 Å². The fourth-order valence-electron chi connectivity index (χ4n) is 5.14. The van der Waals surface area contributed by atoms with Gasteiger partial charge in [-0.15, -0.1) is 0 Å². The Morgan fingerprint density at radius 1 is 0.700 bits per heavy atom. The molecule has 0 spiro atoms.